The molecule has 1 aliphatic carbocycles. The number of carbonyl (C=O) groups excluding carboxylic acids is 1. The van der Waals surface area contributed by atoms with E-state index in [1.165, 1.54) is 4.88 Å². The number of aryl methyl sites for hydroxylation is 3. The third-order valence-electron chi connectivity index (χ3n) is 5.80. The van der Waals surface area contributed by atoms with Crippen LogP contribution in [0.5, 0.6) is 0 Å². The van der Waals surface area contributed by atoms with Crippen molar-refractivity contribution < 1.29 is 13.6 Å². The van der Waals surface area contributed by atoms with Gasteiger partial charge in [0.2, 0.25) is 5.91 Å². The summed E-state index contributed by atoms with van der Waals surface area (Å²) >= 11 is 1.55. The number of nitrogens with zero attached hydrogens (tertiary/aromatic N) is 3. The number of alkyl halides is 2. The van der Waals surface area contributed by atoms with Crippen LogP contribution in [0.25, 0.3) is 21.3 Å². The first-order valence-corrected chi connectivity index (χ1v) is 11.3. The Balaban J connectivity index is 1.30. The first kappa shape index (κ1) is 20.7. The van der Waals surface area contributed by atoms with Gasteiger partial charge in [-0.2, -0.15) is 8.78 Å². The molecule has 3 heterocycles. The van der Waals surface area contributed by atoms with Crippen molar-refractivity contribution in [3.8, 4) is 0 Å². The molecule has 1 aromatic carbocycles. The lowest BCUT2D eigenvalue weighted by Crippen LogP contribution is -2.29. The minimum Gasteiger partial charge on any atom is -0.346 e. The number of fused-ring (bicyclic) bond motifs is 4. The molecule has 0 aliphatic heterocycles. The average molecular weight is 458 g/mol. The van der Waals surface area contributed by atoms with Crippen LogP contribution in [0.2, 0.25) is 0 Å². The third kappa shape index (κ3) is 3.58. The van der Waals surface area contributed by atoms with Gasteiger partial charge in [-0.25, -0.2) is 9.97 Å². The zero-order valence-electron chi connectivity index (χ0n) is 17.3. The van der Waals surface area contributed by atoms with E-state index >= 15 is 0 Å². The van der Waals surface area contributed by atoms with Gasteiger partial charge in [0.15, 0.2) is 0 Å². The molecule has 1 aliphatic rings. The lowest BCUT2D eigenvalue weighted by molar-refractivity contribution is -0.121. The molecule has 1 unspecified atom stereocenters. The Morgan fingerprint density at radius 2 is 2.09 bits per heavy atom. The van der Waals surface area contributed by atoms with Gasteiger partial charge in [-0.15, -0.1) is 11.3 Å². The Labute approximate surface area is 185 Å². The van der Waals surface area contributed by atoms with Crippen LogP contribution in [0.3, 0.4) is 0 Å². The van der Waals surface area contributed by atoms with E-state index in [0.29, 0.717) is 27.1 Å². The third-order valence-corrected chi connectivity index (χ3v) is 6.98. The average Bonchev–Trinajstić information content (AvgIpc) is 3.44. The first-order valence-electron chi connectivity index (χ1n) is 10.5. The van der Waals surface area contributed by atoms with Gasteiger partial charge in [0.1, 0.15) is 16.5 Å². The molecule has 32 heavy (non-hydrogen) atoms. The zero-order chi connectivity index (χ0) is 22.4. The van der Waals surface area contributed by atoms with Crippen LogP contribution in [0.15, 0.2) is 29.1 Å². The second-order valence-electron chi connectivity index (χ2n) is 7.95. The quantitative estimate of drug-likeness (QED) is 0.457. The number of aromatic amines is 1. The molecule has 0 fully saturated rings. The number of hydrogen-bond donors (Lipinski definition) is 2. The van der Waals surface area contributed by atoms with Gasteiger partial charge in [-0.1, -0.05) is 12.1 Å². The van der Waals surface area contributed by atoms with Crippen molar-refractivity contribution in [2.24, 2.45) is 0 Å². The summed E-state index contributed by atoms with van der Waals surface area (Å²) in [6, 6.07) is 5.92. The molecule has 1 amide bonds. The molecule has 0 spiro atoms. The summed E-state index contributed by atoms with van der Waals surface area (Å²) in [6.07, 6.45) is 3.27. The molecule has 1 atom stereocenters. The van der Waals surface area contributed by atoms with E-state index in [1.807, 2.05) is 0 Å². The number of thiophene rings is 1. The van der Waals surface area contributed by atoms with E-state index in [0.717, 1.165) is 29.4 Å². The standard InChI is InChI=1S/C22H21F2N5O2S/c1-11(19-26-13-6-2-3-7-14(13)29(19)22(23)24)25-17(30)10-9-16-27-20(31)18-12-5-4-8-15(12)32-21(18)28-16/h2-3,6-7,11,22H,4-5,8-10H2,1H3,(H,25,30)(H,27,28,31). The molecule has 5 rings (SSSR count). The highest BCUT2D eigenvalue weighted by Crippen LogP contribution is 2.34. The highest BCUT2D eigenvalue weighted by atomic mass is 32.1. The van der Waals surface area contributed by atoms with Crippen molar-refractivity contribution in [3.63, 3.8) is 0 Å². The van der Waals surface area contributed by atoms with Crippen molar-refractivity contribution in [1.29, 1.82) is 0 Å². The largest absolute Gasteiger partial charge is 0.346 e. The summed E-state index contributed by atoms with van der Waals surface area (Å²) in [5.74, 6) is 0.211. The lowest BCUT2D eigenvalue weighted by atomic mass is 10.2. The number of imidazole rings is 1. The molecule has 3 aromatic heterocycles. The molecule has 4 aromatic rings. The summed E-state index contributed by atoms with van der Waals surface area (Å²) < 4.78 is 28.1. The predicted molar refractivity (Wildman–Crippen MR) is 118 cm³/mol. The topological polar surface area (TPSA) is 92.7 Å². The Hall–Kier alpha value is -3.14. The fourth-order valence-corrected chi connectivity index (χ4v) is 5.63. The number of hydrogen-bond acceptors (Lipinski definition) is 5. The zero-order valence-corrected chi connectivity index (χ0v) is 18.1. The summed E-state index contributed by atoms with van der Waals surface area (Å²) in [5.41, 5.74) is 1.71. The Kier molecular flexibility index (Phi) is 5.24. The van der Waals surface area contributed by atoms with Gasteiger partial charge >= 0.3 is 6.55 Å². The van der Waals surface area contributed by atoms with E-state index < -0.39 is 12.6 Å². The Bertz CT molecular complexity index is 1390. The molecule has 0 saturated carbocycles. The summed E-state index contributed by atoms with van der Waals surface area (Å²) in [5, 5.41) is 3.41. The van der Waals surface area contributed by atoms with Crippen LogP contribution in [0, 0.1) is 0 Å². The molecule has 166 valence electrons. The number of H-pyrrole nitrogens is 1. The van der Waals surface area contributed by atoms with E-state index in [1.54, 1.807) is 42.5 Å². The number of benzene rings is 1. The van der Waals surface area contributed by atoms with Crippen LogP contribution in [0.4, 0.5) is 8.78 Å². The van der Waals surface area contributed by atoms with Gasteiger partial charge in [0.05, 0.1) is 22.5 Å². The van der Waals surface area contributed by atoms with Crippen LogP contribution < -0.4 is 10.9 Å². The number of rotatable bonds is 6. The van der Waals surface area contributed by atoms with Gasteiger partial charge in [0.25, 0.3) is 5.56 Å². The van der Waals surface area contributed by atoms with Crippen LogP contribution in [0.1, 0.15) is 54.4 Å². The maximum absolute atomic E-state index is 13.7. The second-order valence-corrected chi connectivity index (χ2v) is 9.03. The lowest BCUT2D eigenvalue weighted by Gasteiger charge is -2.15. The van der Waals surface area contributed by atoms with E-state index in [-0.39, 0.29) is 30.1 Å². The maximum atomic E-state index is 13.7. The fourth-order valence-electron chi connectivity index (χ4n) is 4.35. The number of halogens is 2. The molecule has 0 bridgehead atoms. The van der Waals surface area contributed by atoms with Gasteiger partial charge in [-0.05, 0) is 43.9 Å². The highest BCUT2D eigenvalue weighted by Gasteiger charge is 2.24. The molecule has 0 saturated heterocycles. The Morgan fingerprint density at radius 1 is 1.28 bits per heavy atom. The van der Waals surface area contributed by atoms with Crippen molar-refractivity contribution in [3.05, 3.63) is 56.7 Å². The molecular weight excluding hydrogens is 436 g/mol. The summed E-state index contributed by atoms with van der Waals surface area (Å²) in [7, 11) is 0. The smallest absolute Gasteiger partial charge is 0.320 e. The van der Waals surface area contributed by atoms with Gasteiger partial charge in [0, 0.05) is 17.7 Å². The fraction of sp³-hybridized carbons (Fsp3) is 0.364. The van der Waals surface area contributed by atoms with E-state index in [9.17, 15) is 18.4 Å². The second kappa shape index (κ2) is 8.09. The number of nitrogens with one attached hydrogen (secondary N) is 2. The van der Waals surface area contributed by atoms with Crippen molar-refractivity contribution >= 4 is 38.5 Å². The Morgan fingerprint density at radius 3 is 2.91 bits per heavy atom. The van der Waals surface area contributed by atoms with Crippen LogP contribution >= 0.6 is 11.3 Å². The number of aromatic nitrogens is 4. The number of para-hydroxylation sites is 2. The minimum atomic E-state index is -2.77. The minimum absolute atomic E-state index is 0.0682. The normalized spacial score (nSPS) is 14.4. The first-order chi connectivity index (χ1) is 15.4. The monoisotopic (exact) mass is 457 g/mol. The molecule has 0 radical (unpaired) electrons. The SMILES string of the molecule is CC(NC(=O)CCc1nc2sc3c(c2c(=O)[nH]1)CCC3)c1nc2ccccc2n1C(F)F. The van der Waals surface area contributed by atoms with Crippen molar-refractivity contribution in [2.75, 3.05) is 0 Å². The molecule has 10 heteroatoms. The molecule has 7 nitrogen and oxygen atoms in total. The summed E-state index contributed by atoms with van der Waals surface area (Å²) in [6.45, 7) is -1.15. The molecule has 2 N–H and O–H groups in total. The number of carbonyl (C=O) groups is 1. The van der Waals surface area contributed by atoms with Gasteiger partial charge < -0.3 is 10.3 Å². The molecular formula is C22H21F2N5O2S. The van der Waals surface area contributed by atoms with E-state index in [4.69, 9.17) is 0 Å². The van der Waals surface area contributed by atoms with Gasteiger partial charge in [-0.3, -0.25) is 14.2 Å². The predicted octanol–water partition coefficient (Wildman–Crippen LogP) is 4.03. The van der Waals surface area contributed by atoms with Crippen LogP contribution in [-0.2, 0) is 24.1 Å². The van der Waals surface area contributed by atoms with E-state index in [2.05, 4.69) is 20.3 Å². The summed E-state index contributed by atoms with van der Waals surface area (Å²) in [4.78, 5) is 38.6. The maximum Gasteiger partial charge on any atom is 0.320 e. The van der Waals surface area contributed by atoms with Crippen molar-refractivity contribution in [2.45, 2.75) is 51.6 Å². The highest BCUT2D eigenvalue weighted by molar-refractivity contribution is 7.18. The van der Waals surface area contributed by atoms with Crippen LogP contribution in [-0.4, -0.2) is 25.4 Å². The number of amides is 1. The van der Waals surface area contributed by atoms with Crippen molar-refractivity contribution in [1.82, 2.24) is 24.8 Å².